The van der Waals surface area contributed by atoms with Crippen molar-refractivity contribution in [2.24, 2.45) is 0 Å². The standard InChI is InChI=1S/C17H13N3O2S2/c1-12-7-9-14(10-8-12)24-17-15(20(21)22)16(18-11-19-17)23-13-5-3-2-4-6-13/h2-11H,1H3. The number of rotatable bonds is 5. The summed E-state index contributed by atoms with van der Waals surface area (Å²) in [5, 5.41) is 12.3. The van der Waals surface area contributed by atoms with Crippen LogP contribution in [0.3, 0.4) is 0 Å². The maximum absolute atomic E-state index is 11.6. The quantitative estimate of drug-likeness (QED) is 0.365. The molecule has 120 valence electrons. The number of aryl methyl sites for hydroxylation is 1. The Hall–Kier alpha value is -2.38. The average molecular weight is 355 g/mol. The van der Waals surface area contributed by atoms with Crippen molar-refractivity contribution < 1.29 is 4.92 Å². The third-order valence-corrected chi connectivity index (χ3v) is 5.13. The second-order valence-corrected chi connectivity index (χ2v) is 7.04. The lowest BCUT2D eigenvalue weighted by Crippen LogP contribution is -1.98. The van der Waals surface area contributed by atoms with Crippen molar-refractivity contribution in [1.29, 1.82) is 0 Å². The van der Waals surface area contributed by atoms with Crippen LogP contribution < -0.4 is 0 Å². The van der Waals surface area contributed by atoms with Gasteiger partial charge in [-0.05, 0) is 31.2 Å². The maximum Gasteiger partial charge on any atom is 0.333 e. The molecule has 0 N–H and O–H groups in total. The minimum absolute atomic E-state index is 0.0584. The van der Waals surface area contributed by atoms with Gasteiger partial charge >= 0.3 is 5.69 Å². The SMILES string of the molecule is Cc1ccc(Sc2ncnc(Sc3ccccc3)c2[N+](=O)[O-])cc1. The van der Waals surface area contributed by atoms with Crippen LogP contribution in [-0.2, 0) is 0 Å². The second-order valence-electron chi connectivity index (χ2n) is 4.92. The van der Waals surface area contributed by atoms with Crippen molar-refractivity contribution >= 4 is 29.2 Å². The highest BCUT2D eigenvalue weighted by atomic mass is 32.2. The molecule has 2 aromatic carbocycles. The first-order valence-corrected chi connectivity index (χ1v) is 8.73. The summed E-state index contributed by atoms with van der Waals surface area (Å²) in [5.74, 6) is 0. The zero-order valence-electron chi connectivity index (χ0n) is 12.7. The molecule has 0 saturated heterocycles. The van der Waals surface area contributed by atoms with Gasteiger partial charge in [-0.15, -0.1) is 0 Å². The Morgan fingerprint density at radius 3 is 1.96 bits per heavy atom. The van der Waals surface area contributed by atoms with Crippen LogP contribution in [0.1, 0.15) is 5.56 Å². The van der Waals surface area contributed by atoms with E-state index in [2.05, 4.69) is 9.97 Å². The third-order valence-electron chi connectivity index (χ3n) is 3.13. The summed E-state index contributed by atoms with van der Waals surface area (Å²) in [6.07, 6.45) is 1.37. The fourth-order valence-corrected chi connectivity index (χ4v) is 3.78. The van der Waals surface area contributed by atoms with E-state index in [4.69, 9.17) is 0 Å². The third kappa shape index (κ3) is 3.93. The van der Waals surface area contributed by atoms with E-state index in [0.29, 0.717) is 10.1 Å². The van der Waals surface area contributed by atoms with E-state index in [-0.39, 0.29) is 5.69 Å². The minimum Gasteiger partial charge on any atom is -0.258 e. The van der Waals surface area contributed by atoms with Gasteiger partial charge in [0.05, 0.1) is 4.92 Å². The van der Waals surface area contributed by atoms with Crippen LogP contribution in [0, 0.1) is 17.0 Å². The molecule has 0 unspecified atom stereocenters. The molecular formula is C17H13N3O2S2. The lowest BCUT2D eigenvalue weighted by molar-refractivity contribution is -0.391. The van der Waals surface area contributed by atoms with Gasteiger partial charge in [-0.1, -0.05) is 59.4 Å². The molecule has 0 fully saturated rings. The Balaban J connectivity index is 1.96. The predicted molar refractivity (Wildman–Crippen MR) is 94.6 cm³/mol. The second kappa shape index (κ2) is 7.46. The van der Waals surface area contributed by atoms with Crippen LogP contribution in [0.2, 0.25) is 0 Å². The molecule has 0 amide bonds. The topological polar surface area (TPSA) is 68.9 Å². The van der Waals surface area contributed by atoms with Crippen LogP contribution in [0.15, 0.2) is 80.8 Å². The fraction of sp³-hybridized carbons (Fsp3) is 0.0588. The average Bonchev–Trinajstić information content (AvgIpc) is 2.58. The molecule has 3 rings (SSSR count). The number of aromatic nitrogens is 2. The van der Waals surface area contributed by atoms with Gasteiger partial charge in [-0.3, -0.25) is 10.1 Å². The van der Waals surface area contributed by atoms with Gasteiger partial charge in [0.15, 0.2) is 10.1 Å². The Morgan fingerprint density at radius 1 is 0.875 bits per heavy atom. The first-order chi connectivity index (χ1) is 11.6. The lowest BCUT2D eigenvalue weighted by atomic mass is 10.2. The molecule has 0 spiro atoms. The smallest absolute Gasteiger partial charge is 0.258 e. The monoisotopic (exact) mass is 355 g/mol. The number of nitro groups is 1. The van der Waals surface area contributed by atoms with Crippen LogP contribution >= 0.6 is 23.5 Å². The normalized spacial score (nSPS) is 10.5. The number of hydrogen-bond donors (Lipinski definition) is 0. The minimum atomic E-state index is -0.415. The molecule has 7 heteroatoms. The van der Waals surface area contributed by atoms with Crippen LogP contribution in [0.5, 0.6) is 0 Å². The number of benzene rings is 2. The molecule has 3 aromatic rings. The molecule has 1 aromatic heterocycles. The van der Waals surface area contributed by atoms with Gasteiger partial charge in [-0.25, -0.2) is 9.97 Å². The Labute approximate surface area is 147 Å². The summed E-state index contributed by atoms with van der Waals surface area (Å²) in [4.78, 5) is 21.2. The molecule has 0 radical (unpaired) electrons. The fourth-order valence-electron chi connectivity index (χ4n) is 1.97. The van der Waals surface area contributed by atoms with Crippen molar-refractivity contribution in [3.05, 3.63) is 76.6 Å². The molecule has 24 heavy (non-hydrogen) atoms. The largest absolute Gasteiger partial charge is 0.333 e. The predicted octanol–water partition coefficient (Wildman–Crippen LogP) is 5.00. The number of hydrogen-bond acceptors (Lipinski definition) is 6. The zero-order valence-corrected chi connectivity index (χ0v) is 14.4. The highest BCUT2D eigenvalue weighted by Gasteiger charge is 2.24. The van der Waals surface area contributed by atoms with Gasteiger partial charge < -0.3 is 0 Å². The Morgan fingerprint density at radius 2 is 1.42 bits per heavy atom. The maximum atomic E-state index is 11.6. The molecular weight excluding hydrogens is 342 g/mol. The molecule has 0 aliphatic heterocycles. The Kier molecular flexibility index (Phi) is 5.12. The van der Waals surface area contributed by atoms with Gasteiger partial charge in [0.25, 0.3) is 0 Å². The molecule has 0 aliphatic carbocycles. The van der Waals surface area contributed by atoms with E-state index < -0.39 is 4.92 Å². The molecule has 0 saturated carbocycles. The van der Waals surface area contributed by atoms with E-state index in [1.807, 2.05) is 61.5 Å². The van der Waals surface area contributed by atoms with Crippen molar-refractivity contribution in [3.8, 4) is 0 Å². The summed E-state index contributed by atoms with van der Waals surface area (Å²) >= 11 is 2.53. The van der Waals surface area contributed by atoms with Crippen molar-refractivity contribution in [2.75, 3.05) is 0 Å². The van der Waals surface area contributed by atoms with E-state index in [1.54, 1.807) is 0 Å². The van der Waals surface area contributed by atoms with Crippen molar-refractivity contribution in [1.82, 2.24) is 9.97 Å². The summed E-state index contributed by atoms with van der Waals surface area (Å²) < 4.78 is 0. The highest BCUT2D eigenvalue weighted by molar-refractivity contribution is 8.00. The first kappa shape index (κ1) is 16.5. The van der Waals surface area contributed by atoms with Crippen LogP contribution in [0.25, 0.3) is 0 Å². The van der Waals surface area contributed by atoms with Gasteiger partial charge in [-0.2, -0.15) is 0 Å². The Bertz CT molecular complexity index is 855. The molecule has 5 nitrogen and oxygen atoms in total. The summed E-state index contributed by atoms with van der Waals surface area (Å²) in [6, 6.07) is 17.2. The van der Waals surface area contributed by atoms with Crippen molar-refractivity contribution in [2.45, 2.75) is 26.8 Å². The summed E-state index contributed by atoms with van der Waals surface area (Å²) in [7, 11) is 0. The van der Waals surface area contributed by atoms with E-state index in [0.717, 1.165) is 15.4 Å². The van der Waals surface area contributed by atoms with Gasteiger partial charge in [0.1, 0.15) is 6.33 Å². The van der Waals surface area contributed by atoms with E-state index in [9.17, 15) is 10.1 Å². The van der Waals surface area contributed by atoms with Crippen LogP contribution in [-0.4, -0.2) is 14.9 Å². The summed E-state index contributed by atoms with van der Waals surface area (Å²) in [5.41, 5.74) is 1.08. The molecule has 0 atom stereocenters. The molecule has 1 heterocycles. The van der Waals surface area contributed by atoms with Gasteiger partial charge in [0.2, 0.25) is 0 Å². The number of nitrogens with zero attached hydrogens (tertiary/aromatic N) is 3. The first-order valence-electron chi connectivity index (χ1n) is 7.10. The molecule has 0 aliphatic rings. The van der Waals surface area contributed by atoms with Crippen LogP contribution in [0.4, 0.5) is 5.69 Å². The highest BCUT2D eigenvalue weighted by Crippen LogP contribution is 2.40. The summed E-state index contributed by atoms with van der Waals surface area (Å²) in [6.45, 7) is 2.00. The molecule has 0 bridgehead atoms. The van der Waals surface area contributed by atoms with Crippen molar-refractivity contribution in [3.63, 3.8) is 0 Å². The zero-order chi connectivity index (χ0) is 16.9. The van der Waals surface area contributed by atoms with Gasteiger partial charge in [0, 0.05) is 9.79 Å². The van der Waals surface area contributed by atoms with E-state index >= 15 is 0 Å². The lowest BCUT2D eigenvalue weighted by Gasteiger charge is -2.06. The van der Waals surface area contributed by atoms with E-state index in [1.165, 1.54) is 29.9 Å².